The van der Waals surface area contributed by atoms with Gasteiger partial charge in [0, 0.05) is 6.42 Å². The molecule has 1 aromatic carbocycles. The molecule has 0 saturated carbocycles. The maximum atomic E-state index is 12.5. The second kappa shape index (κ2) is 4.40. The molecule has 0 bridgehead atoms. The predicted molar refractivity (Wildman–Crippen MR) is 49.5 cm³/mol. The molecule has 68 valence electrons. The Bertz CT molecular complexity index is 316. The fourth-order valence-corrected chi connectivity index (χ4v) is 0.995. The standard InChI is InChI=1S/C10H10FNO/c1-2-3-10(12-13)8-4-6-9(11)7-5-8/h2,4-7,13H,1,3H2. The van der Waals surface area contributed by atoms with Crippen molar-refractivity contribution in [1.82, 2.24) is 0 Å². The van der Waals surface area contributed by atoms with Crippen LogP contribution in [0.1, 0.15) is 12.0 Å². The van der Waals surface area contributed by atoms with E-state index in [1.807, 2.05) is 0 Å². The Hall–Kier alpha value is -1.64. The number of halogens is 1. The smallest absolute Gasteiger partial charge is 0.123 e. The van der Waals surface area contributed by atoms with E-state index in [0.29, 0.717) is 17.7 Å². The average Bonchev–Trinajstić information content (AvgIpc) is 2.16. The second-order valence-electron chi connectivity index (χ2n) is 2.55. The molecule has 0 fully saturated rings. The lowest BCUT2D eigenvalue weighted by molar-refractivity contribution is 0.318. The van der Waals surface area contributed by atoms with Crippen LogP contribution in [-0.2, 0) is 0 Å². The van der Waals surface area contributed by atoms with Crippen molar-refractivity contribution < 1.29 is 9.60 Å². The lowest BCUT2D eigenvalue weighted by Gasteiger charge is -2.00. The Morgan fingerprint density at radius 1 is 1.46 bits per heavy atom. The Labute approximate surface area is 76.0 Å². The van der Waals surface area contributed by atoms with E-state index >= 15 is 0 Å². The van der Waals surface area contributed by atoms with Gasteiger partial charge in [-0.1, -0.05) is 23.4 Å². The lowest BCUT2D eigenvalue weighted by atomic mass is 10.1. The molecule has 13 heavy (non-hydrogen) atoms. The summed E-state index contributed by atoms with van der Waals surface area (Å²) in [6.07, 6.45) is 2.08. The minimum absolute atomic E-state index is 0.306. The molecule has 0 aliphatic carbocycles. The van der Waals surface area contributed by atoms with Crippen molar-refractivity contribution in [2.45, 2.75) is 6.42 Å². The predicted octanol–water partition coefficient (Wildman–Crippen LogP) is 2.58. The molecule has 1 N–H and O–H groups in total. The van der Waals surface area contributed by atoms with E-state index in [4.69, 9.17) is 5.21 Å². The molecule has 3 heteroatoms. The summed E-state index contributed by atoms with van der Waals surface area (Å²) in [6.45, 7) is 3.53. The van der Waals surface area contributed by atoms with Gasteiger partial charge in [-0.2, -0.15) is 0 Å². The fourth-order valence-electron chi connectivity index (χ4n) is 0.995. The van der Waals surface area contributed by atoms with Gasteiger partial charge in [0.15, 0.2) is 0 Å². The van der Waals surface area contributed by atoms with E-state index in [1.54, 1.807) is 18.2 Å². The quantitative estimate of drug-likeness (QED) is 0.329. The monoisotopic (exact) mass is 179 g/mol. The molecule has 0 radical (unpaired) electrons. The third kappa shape index (κ3) is 2.40. The number of allylic oxidation sites excluding steroid dienone is 1. The Kier molecular flexibility index (Phi) is 3.20. The van der Waals surface area contributed by atoms with Crippen LogP contribution in [-0.4, -0.2) is 10.9 Å². The van der Waals surface area contributed by atoms with Gasteiger partial charge in [-0.15, -0.1) is 6.58 Å². The second-order valence-corrected chi connectivity index (χ2v) is 2.55. The van der Waals surface area contributed by atoms with Crippen LogP contribution < -0.4 is 0 Å². The first-order valence-electron chi connectivity index (χ1n) is 3.85. The van der Waals surface area contributed by atoms with Crippen LogP contribution >= 0.6 is 0 Å². The zero-order valence-electron chi connectivity index (χ0n) is 7.07. The largest absolute Gasteiger partial charge is 0.411 e. The van der Waals surface area contributed by atoms with Crippen molar-refractivity contribution in [2.24, 2.45) is 5.16 Å². The van der Waals surface area contributed by atoms with E-state index < -0.39 is 0 Å². The zero-order chi connectivity index (χ0) is 9.68. The number of benzene rings is 1. The van der Waals surface area contributed by atoms with Crippen LogP contribution in [0.3, 0.4) is 0 Å². The summed E-state index contributed by atoms with van der Waals surface area (Å²) in [5, 5.41) is 11.7. The van der Waals surface area contributed by atoms with Gasteiger partial charge in [0.1, 0.15) is 5.82 Å². The van der Waals surface area contributed by atoms with Crippen LogP contribution in [0.15, 0.2) is 42.1 Å². The number of nitrogens with zero attached hydrogens (tertiary/aromatic N) is 1. The molecular formula is C10H10FNO. The summed E-state index contributed by atoms with van der Waals surface area (Å²) in [4.78, 5) is 0. The van der Waals surface area contributed by atoms with E-state index in [2.05, 4.69) is 11.7 Å². The molecule has 0 saturated heterocycles. The highest BCUT2D eigenvalue weighted by Gasteiger charge is 2.01. The van der Waals surface area contributed by atoms with Gasteiger partial charge in [-0.25, -0.2) is 4.39 Å². The first-order valence-corrected chi connectivity index (χ1v) is 3.85. The number of hydrogen-bond acceptors (Lipinski definition) is 2. The summed E-state index contributed by atoms with van der Waals surface area (Å²) in [7, 11) is 0. The number of hydrogen-bond donors (Lipinski definition) is 1. The van der Waals surface area contributed by atoms with Crippen LogP contribution in [0, 0.1) is 5.82 Å². The summed E-state index contributed by atoms with van der Waals surface area (Å²) >= 11 is 0. The molecule has 1 aromatic rings. The van der Waals surface area contributed by atoms with E-state index in [0.717, 1.165) is 0 Å². The fraction of sp³-hybridized carbons (Fsp3) is 0.100. The van der Waals surface area contributed by atoms with Crippen LogP contribution in [0.5, 0.6) is 0 Å². The molecular weight excluding hydrogens is 169 g/mol. The Morgan fingerprint density at radius 2 is 2.08 bits per heavy atom. The molecule has 0 amide bonds. The average molecular weight is 179 g/mol. The van der Waals surface area contributed by atoms with Crippen molar-refractivity contribution in [3.8, 4) is 0 Å². The molecule has 0 unspecified atom stereocenters. The first kappa shape index (κ1) is 9.45. The Balaban J connectivity index is 2.92. The van der Waals surface area contributed by atoms with Gasteiger partial charge in [-0.3, -0.25) is 0 Å². The van der Waals surface area contributed by atoms with Gasteiger partial charge < -0.3 is 5.21 Å². The van der Waals surface area contributed by atoms with Crippen molar-refractivity contribution >= 4 is 5.71 Å². The first-order chi connectivity index (χ1) is 6.27. The van der Waals surface area contributed by atoms with Crippen molar-refractivity contribution in [2.75, 3.05) is 0 Å². The molecule has 0 atom stereocenters. The summed E-state index contributed by atoms with van der Waals surface area (Å²) in [6, 6.07) is 5.77. The van der Waals surface area contributed by atoms with E-state index in [9.17, 15) is 4.39 Å². The Morgan fingerprint density at radius 3 is 2.54 bits per heavy atom. The van der Waals surface area contributed by atoms with Crippen LogP contribution in [0.2, 0.25) is 0 Å². The summed E-state index contributed by atoms with van der Waals surface area (Å²) in [5.74, 6) is -0.306. The maximum Gasteiger partial charge on any atom is 0.123 e. The molecule has 1 rings (SSSR count). The highest BCUT2D eigenvalue weighted by molar-refractivity contribution is 6.00. The third-order valence-electron chi connectivity index (χ3n) is 1.64. The minimum Gasteiger partial charge on any atom is -0.411 e. The highest BCUT2D eigenvalue weighted by atomic mass is 19.1. The molecule has 0 heterocycles. The van der Waals surface area contributed by atoms with Gasteiger partial charge >= 0.3 is 0 Å². The normalized spacial score (nSPS) is 11.3. The number of oxime groups is 1. The summed E-state index contributed by atoms with van der Waals surface area (Å²) in [5.41, 5.74) is 1.18. The van der Waals surface area contributed by atoms with E-state index in [-0.39, 0.29) is 5.82 Å². The minimum atomic E-state index is -0.306. The molecule has 2 nitrogen and oxygen atoms in total. The number of rotatable bonds is 3. The van der Waals surface area contributed by atoms with Crippen molar-refractivity contribution in [1.29, 1.82) is 0 Å². The SMILES string of the molecule is C=CCC(=NO)c1ccc(F)cc1. The van der Waals surface area contributed by atoms with Gasteiger partial charge in [-0.05, 0) is 17.7 Å². The van der Waals surface area contributed by atoms with Crippen molar-refractivity contribution in [3.05, 3.63) is 48.3 Å². The molecule has 0 spiro atoms. The third-order valence-corrected chi connectivity index (χ3v) is 1.64. The maximum absolute atomic E-state index is 12.5. The van der Waals surface area contributed by atoms with Gasteiger partial charge in [0.2, 0.25) is 0 Å². The molecule has 0 aliphatic rings. The van der Waals surface area contributed by atoms with Gasteiger partial charge in [0.25, 0.3) is 0 Å². The van der Waals surface area contributed by atoms with Crippen LogP contribution in [0.25, 0.3) is 0 Å². The van der Waals surface area contributed by atoms with E-state index in [1.165, 1.54) is 12.1 Å². The highest BCUT2D eigenvalue weighted by Crippen LogP contribution is 2.06. The summed E-state index contributed by atoms with van der Waals surface area (Å²) < 4.78 is 12.5. The molecule has 0 aliphatic heterocycles. The zero-order valence-corrected chi connectivity index (χ0v) is 7.07. The van der Waals surface area contributed by atoms with Gasteiger partial charge in [0.05, 0.1) is 5.71 Å². The van der Waals surface area contributed by atoms with Crippen LogP contribution in [0.4, 0.5) is 4.39 Å². The molecule has 0 aromatic heterocycles. The lowest BCUT2D eigenvalue weighted by Crippen LogP contribution is -1.98. The van der Waals surface area contributed by atoms with Crippen molar-refractivity contribution in [3.63, 3.8) is 0 Å². The topological polar surface area (TPSA) is 32.6 Å².